The molecule has 0 aliphatic rings. The van der Waals surface area contributed by atoms with Gasteiger partial charge in [0.1, 0.15) is 10.3 Å². The first-order valence-corrected chi connectivity index (χ1v) is 6.56. The van der Waals surface area contributed by atoms with Crippen molar-refractivity contribution in [1.29, 1.82) is 0 Å². The molecule has 19 heavy (non-hydrogen) atoms. The van der Waals surface area contributed by atoms with Crippen LogP contribution in [0.25, 0.3) is 5.65 Å². The monoisotopic (exact) mass is 318 g/mol. The molecule has 6 heteroatoms. The van der Waals surface area contributed by atoms with Crippen molar-refractivity contribution in [2.75, 3.05) is 5.32 Å². The summed E-state index contributed by atoms with van der Waals surface area (Å²) in [5.41, 5.74) is 2.46. The second-order valence-corrected chi connectivity index (χ2v) is 4.96. The van der Waals surface area contributed by atoms with Crippen LogP contribution in [0.5, 0.6) is 0 Å². The number of imidazole rings is 1. The molecule has 0 spiro atoms. The maximum absolute atomic E-state index is 11.9. The molecule has 0 aliphatic carbocycles. The highest BCUT2D eigenvalue weighted by molar-refractivity contribution is 9.10. The third kappa shape index (κ3) is 2.53. The summed E-state index contributed by atoms with van der Waals surface area (Å²) < 4.78 is 2.72. The van der Waals surface area contributed by atoms with Crippen LogP contribution in [0.15, 0.2) is 47.5 Å². The molecule has 2 N–H and O–H groups in total. The van der Waals surface area contributed by atoms with Crippen LogP contribution < -0.4 is 5.32 Å². The van der Waals surface area contributed by atoms with Crippen molar-refractivity contribution < 1.29 is 4.79 Å². The first-order chi connectivity index (χ1) is 9.22. The predicted molar refractivity (Wildman–Crippen MR) is 76.0 cm³/mol. The minimum atomic E-state index is -0.0574. The van der Waals surface area contributed by atoms with Crippen molar-refractivity contribution in [2.24, 2.45) is 0 Å². The number of aromatic amines is 1. The molecule has 3 rings (SSSR count). The zero-order chi connectivity index (χ0) is 13.2. The smallest absolute Gasteiger partial charge is 0.230 e. The van der Waals surface area contributed by atoms with Crippen molar-refractivity contribution in [3.05, 3.63) is 53.2 Å². The molecule has 0 aromatic carbocycles. The molecule has 0 fully saturated rings. The number of nitrogens with zero attached hydrogens (tertiary/aromatic N) is 2. The number of aromatic nitrogens is 3. The summed E-state index contributed by atoms with van der Waals surface area (Å²) in [6.45, 7) is 0. The van der Waals surface area contributed by atoms with E-state index < -0.39 is 0 Å². The van der Waals surface area contributed by atoms with Crippen LogP contribution in [0.3, 0.4) is 0 Å². The summed E-state index contributed by atoms with van der Waals surface area (Å²) in [6.07, 6.45) is 5.69. The third-order valence-corrected chi connectivity index (χ3v) is 3.34. The molecule has 0 bridgehead atoms. The molecule has 0 radical (unpaired) electrons. The van der Waals surface area contributed by atoms with Crippen LogP contribution >= 0.6 is 15.9 Å². The van der Waals surface area contributed by atoms with E-state index >= 15 is 0 Å². The highest BCUT2D eigenvalue weighted by Crippen LogP contribution is 2.16. The molecule has 1 amide bonds. The maximum atomic E-state index is 11.9. The van der Waals surface area contributed by atoms with Crippen molar-refractivity contribution in [1.82, 2.24) is 14.4 Å². The number of rotatable bonds is 3. The summed E-state index contributed by atoms with van der Waals surface area (Å²) in [4.78, 5) is 19.1. The van der Waals surface area contributed by atoms with E-state index in [1.54, 1.807) is 12.4 Å². The predicted octanol–water partition coefficient (Wildman–Crippen LogP) is 2.61. The number of anilines is 1. The molecule has 3 aromatic rings. The average Bonchev–Trinajstić information content (AvgIpc) is 3.00. The van der Waals surface area contributed by atoms with E-state index in [2.05, 4.69) is 31.2 Å². The van der Waals surface area contributed by atoms with Crippen LogP contribution in [-0.4, -0.2) is 20.3 Å². The lowest BCUT2D eigenvalue weighted by atomic mass is 10.3. The minimum absolute atomic E-state index is 0.0574. The second-order valence-electron chi connectivity index (χ2n) is 4.15. The molecule has 0 saturated heterocycles. The van der Waals surface area contributed by atoms with Gasteiger partial charge in [0.2, 0.25) is 5.91 Å². The van der Waals surface area contributed by atoms with Crippen LogP contribution in [0.4, 0.5) is 5.69 Å². The molecule has 0 atom stereocenters. The Morgan fingerprint density at radius 3 is 3.11 bits per heavy atom. The van der Waals surface area contributed by atoms with Gasteiger partial charge in [-0.3, -0.25) is 9.20 Å². The Balaban J connectivity index is 1.77. The van der Waals surface area contributed by atoms with Gasteiger partial charge in [-0.2, -0.15) is 0 Å². The number of halogens is 1. The van der Waals surface area contributed by atoms with E-state index in [9.17, 15) is 4.79 Å². The van der Waals surface area contributed by atoms with Crippen molar-refractivity contribution in [3.8, 4) is 0 Å². The van der Waals surface area contributed by atoms with Gasteiger partial charge in [0.25, 0.3) is 0 Å². The number of nitrogens with one attached hydrogen (secondary N) is 2. The molecular formula is C13H11BrN4O. The van der Waals surface area contributed by atoms with Gasteiger partial charge in [-0.15, -0.1) is 0 Å². The summed E-state index contributed by atoms with van der Waals surface area (Å²) in [6, 6.07) is 7.45. The Morgan fingerprint density at radius 1 is 1.42 bits per heavy atom. The maximum Gasteiger partial charge on any atom is 0.230 e. The molecule has 0 unspecified atom stereocenters. The number of H-pyrrole nitrogens is 1. The number of amides is 1. The van der Waals surface area contributed by atoms with Crippen LogP contribution in [0, 0.1) is 0 Å². The normalized spacial score (nSPS) is 10.8. The Hall–Kier alpha value is -2.08. The fraction of sp³-hybridized carbons (Fsp3) is 0.0769. The van der Waals surface area contributed by atoms with Gasteiger partial charge < -0.3 is 10.3 Å². The summed E-state index contributed by atoms with van der Waals surface area (Å²) in [7, 11) is 0. The van der Waals surface area contributed by atoms with E-state index in [-0.39, 0.29) is 5.91 Å². The molecule has 96 valence electrons. The van der Waals surface area contributed by atoms with E-state index in [4.69, 9.17) is 0 Å². The van der Waals surface area contributed by atoms with Gasteiger partial charge >= 0.3 is 0 Å². The number of hydrogen-bond donors (Lipinski definition) is 2. The van der Waals surface area contributed by atoms with Gasteiger partial charge in [-0.1, -0.05) is 0 Å². The van der Waals surface area contributed by atoms with Gasteiger partial charge in [0, 0.05) is 18.1 Å². The lowest BCUT2D eigenvalue weighted by molar-refractivity contribution is -0.115. The molecular weight excluding hydrogens is 308 g/mol. The standard InChI is InChI=1S/C13H11BrN4O/c14-11-7-16-12-4-3-10(8-18(11)12)17-13(19)6-9-2-1-5-15-9/h1-5,7-8,15H,6H2,(H,17,19). The summed E-state index contributed by atoms with van der Waals surface area (Å²) >= 11 is 3.40. The largest absolute Gasteiger partial charge is 0.365 e. The quantitative estimate of drug-likeness (QED) is 0.779. The molecule has 0 aliphatic heterocycles. The van der Waals surface area contributed by atoms with E-state index in [0.717, 1.165) is 21.6 Å². The fourth-order valence-electron chi connectivity index (χ4n) is 1.88. The molecule has 0 saturated carbocycles. The fourth-order valence-corrected chi connectivity index (χ4v) is 2.27. The SMILES string of the molecule is O=C(Cc1ccc[nH]1)Nc1ccc2ncc(Br)n2c1. The minimum Gasteiger partial charge on any atom is -0.365 e. The summed E-state index contributed by atoms with van der Waals surface area (Å²) in [5, 5.41) is 2.86. The average molecular weight is 319 g/mol. The number of fused-ring (bicyclic) bond motifs is 1. The summed E-state index contributed by atoms with van der Waals surface area (Å²) in [5.74, 6) is -0.0574. The Kier molecular flexibility index (Phi) is 3.08. The highest BCUT2D eigenvalue weighted by atomic mass is 79.9. The van der Waals surface area contributed by atoms with Crippen LogP contribution in [-0.2, 0) is 11.2 Å². The van der Waals surface area contributed by atoms with Gasteiger partial charge in [-0.05, 0) is 40.2 Å². The lowest BCUT2D eigenvalue weighted by Gasteiger charge is -2.05. The van der Waals surface area contributed by atoms with Crippen molar-refractivity contribution >= 4 is 33.2 Å². The van der Waals surface area contributed by atoms with Crippen LogP contribution in [0.2, 0.25) is 0 Å². The highest BCUT2D eigenvalue weighted by Gasteiger charge is 2.06. The van der Waals surface area contributed by atoms with Crippen LogP contribution in [0.1, 0.15) is 5.69 Å². The van der Waals surface area contributed by atoms with Gasteiger partial charge in [0.05, 0.1) is 18.3 Å². The molecule has 5 nitrogen and oxygen atoms in total. The van der Waals surface area contributed by atoms with Crippen molar-refractivity contribution in [3.63, 3.8) is 0 Å². The molecule has 3 heterocycles. The molecule has 3 aromatic heterocycles. The Bertz CT molecular complexity index is 717. The van der Waals surface area contributed by atoms with Crippen molar-refractivity contribution in [2.45, 2.75) is 6.42 Å². The Morgan fingerprint density at radius 2 is 2.32 bits per heavy atom. The van der Waals surface area contributed by atoms with Gasteiger partial charge in [0.15, 0.2) is 0 Å². The zero-order valence-electron chi connectivity index (χ0n) is 9.93. The Labute approximate surface area is 117 Å². The van der Waals surface area contributed by atoms with Gasteiger partial charge in [-0.25, -0.2) is 4.98 Å². The number of hydrogen-bond acceptors (Lipinski definition) is 2. The topological polar surface area (TPSA) is 62.2 Å². The van der Waals surface area contributed by atoms with E-state index in [0.29, 0.717) is 6.42 Å². The second kappa shape index (κ2) is 4.89. The zero-order valence-corrected chi connectivity index (χ0v) is 11.5. The number of pyridine rings is 1. The first-order valence-electron chi connectivity index (χ1n) is 5.77. The van der Waals surface area contributed by atoms with E-state index in [1.807, 2.05) is 34.9 Å². The van der Waals surface area contributed by atoms with E-state index in [1.165, 1.54) is 0 Å². The number of carbonyl (C=O) groups excluding carboxylic acids is 1. The third-order valence-electron chi connectivity index (χ3n) is 2.76. The first kappa shape index (κ1) is 12.0. The number of carbonyl (C=O) groups is 1. The lowest BCUT2D eigenvalue weighted by Crippen LogP contribution is -2.14.